The summed E-state index contributed by atoms with van der Waals surface area (Å²) in [5, 5.41) is 11.2. The molecule has 1 fully saturated rings. The lowest BCUT2D eigenvalue weighted by molar-refractivity contribution is -0.0167. The molecule has 1 aromatic carbocycles. The summed E-state index contributed by atoms with van der Waals surface area (Å²) in [6, 6.07) is 14.5. The van der Waals surface area contributed by atoms with E-state index in [0.29, 0.717) is 0 Å². The van der Waals surface area contributed by atoms with Crippen molar-refractivity contribution in [3.8, 4) is 0 Å². The Hall–Kier alpha value is -1.67. The van der Waals surface area contributed by atoms with Gasteiger partial charge in [0.2, 0.25) is 0 Å². The maximum atomic E-state index is 11.2. The van der Waals surface area contributed by atoms with E-state index in [2.05, 4.69) is 29.2 Å². The van der Waals surface area contributed by atoms with E-state index in [-0.39, 0.29) is 5.92 Å². The van der Waals surface area contributed by atoms with Gasteiger partial charge in [0.1, 0.15) is 0 Å². The molecular formula is C18H21NO. The lowest BCUT2D eigenvalue weighted by atomic mass is 9.69. The first-order chi connectivity index (χ1) is 9.78. The Kier molecular flexibility index (Phi) is 3.83. The van der Waals surface area contributed by atoms with Gasteiger partial charge in [-0.1, -0.05) is 43.2 Å². The quantitative estimate of drug-likeness (QED) is 0.919. The van der Waals surface area contributed by atoms with Crippen LogP contribution in [0.15, 0.2) is 54.9 Å². The molecule has 0 saturated heterocycles. The molecule has 104 valence electrons. The minimum Gasteiger partial charge on any atom is -0.389 e. The summed E-state index contributed by atoms with van der Waals surface area (Å²) in [6.45, 7) is 0. The van der Waals surface area contributed by atoms with Gasteiger partial charge in [0, 0.05) is 24.7 Å². The molecule has 1 N–H and O–H groups in total. The lowest BCUT2D eigenvalue weighted by Gasteiger charge is -2.40. The molecule has 1 aliphatic carbocycles. The molecule has 0 unspecified atom stereocenters. The van der Waals surface area contributed by atoms with Crippen LogP contribution < -0.4 is 0 Å². The minimum atomic E-state index is -0.624. The predicted octanol–water partition coefficient (Wildman–Crippen LogP) is 3.71. The Balaban J connectivity index is 1.88. The molecular weight excluding hydrogens is 246 g/mol. The highest BCUT2D eigenvalue weighted by Crippen LogP contribution is 2.42. The van der Waals surface area contributed by atoms with Gasteiger partial charge in [0.15, 0.2) is 0 Å². The zero-order valence-electron chi connectivity index (χ0n) is 11.7. The van der Waals surface area contributed by atoms with Crippen LogP contribution in [-0.4, -0.2) is 15.7 Å². The zero-order valence-corrected chi connectivity index (χ0v) is 11.7. The fraction of sp³-hybridized carbons (Fsp3) is 0.389. The Labute approximate surface area is 120 Å². The molecule has 0 bridgehead atoms. The van der Waals surface area contributed by atoms with Crippen molar-refractivity contribution in [1.29, 1.82) is 0 Å². The van der Waals surface area contributed by atoms with Crippen LogP contribution in [-0.2, 0) is 6.42 Å². The lowest BCUT2D eigenvalue weighted by Crippen LogP contribution is -2.41. The van der Waals surface area contributed by atoms with Crippen molar-refractivity contribution in [1.82, 2.24) is 4.98 Å². The highest BCUT2D eigenvalue weighted by atomic mass is 16.3. The van der Waals surface area contributed by atoms with Crippen molar-refractivity contribution in [3.63, 3.8) is 0 Å². The van der Waals surface area contributed by atoms with Gasteiger partial charge >= 0.3 is 0 Å². The third-order valence-electron chi connectivity index (χ3n) is 4.46. The van der Waals surface area contributed by atoms with Crippen LogP contribution in [0.25, 0.3) is 0 Å². The normalized spacial score (nSPS) is 26.4. The standard InChI is InChI=1S/C18H21NO/c20-18(14-15-9-12-19-13-10-15)11-5-4-8-17(18)16-6-2-1-3-7-16/h1-3,6-7,9-10,12-13,17,20H,4-5,8,11,14H2/t17-,18+/m0/s1. The highest BCUT2D eigenvalue weighted by molar-refractivity contribution is 5.26. The van der Waals surface area contributed by atoms with Crippen molar-refractivity contribution < 1.29 is 5.11 Å². The first-order valence-corrected chi connectivity index (χ1v) is 7.44. The number of hydrogen-bond donors (Lipinski definition) is 1. The van der Waals surface area contributed by atoms with Crippen LogP contribution >= 0.6 is 0 Å². The summed E-state index contributed by atoms with van der Waals surface area (Å²) in [5.74, 6) is 0.241. The Morgan fingerprint density at radius 3 is 2.55 bits per heavy atom. The second kappa shape index (κ2) is 5.76. The summed E-state index contributed by atoms with van der Waals surface area (Å²) >= 11 is 0. The summed E-state index contributed by atoms with van der Waals surface area (Å²) < 4.78 is 0. The third-order valence-corrected chi connectivity index (χ3v) is 4.46. The van der Waals surface area contributed by atoms with Crippen molar-refractivity contribution in [2.45, 2.75) is 43.6 Å². The van der Waals surface area contributed by atoms with Crippen molar-refractivity contribution in [2.75, 3.05) is 0 Å². The number of aromatic nitrogens is 1. The molecule has 1 heterocycles. The average molecular weight is 267 g/mol. The second-order valence-electron chi connectivity index (χ2n) is 5.84. The molecule has 2 heteroatoms. The predicted molar refractivity (Wildman–Crippen MR) is 80.5 cm³/mol. The van der Waals surface area contributed by atoms with E-state index in [9.17, 15) is 5.11 Å². The van der Waals surface area contributed by atoms with Crippen molar-refractivity contribution in [2.24, 2.45) is 0 Å². The van der Waals surface area contributed by atoms with E-state index in [0.717, 1.165) is 25.7 Å². The third kappa shape index (κ3) is 2.75. The molecule has 0 aliphatic heterocycles. The van der Waals surface area contributed by atoms with E-state index >= 15 is 0 Å². The SMILES string of the molecule is O[C@@]1(Cc2ccncc2)CCCC[C@H]1c1ccccc1. The van der Waals surface area contributed by atoms with Gasteiger partial charge in [-0.05, 0) is 36.1 Å². The van der Waals surface area contributed by atoms with E-state index in [4.69, 9.17) is 0 Å². The minimum absolute atomic E-state index is 0.241. The fourth-order valence-electron chi connectivity index (χ4n) is 3.45. The first-order valence-electron chi connectivity index (χ1n) is 7.44. The van der Waals surface area contributed by atoms with Gasteiger partial charge in [-0.2, -0.15) is 0 Å². The van der Waals surface area contributed by atoms with Gasteiger partial charge in [-0.15, -0.1) is 0 Å². The zero-order chi connectivity index (χ0) is 13.8. The average Bonchev–Trinajstić information content (AvgIpc) is 2.49. The molecule has 0 amide bonds. The molecule has 2 nitrogen and oxygen atoms in total. The van der Waals surface area contributed by atoms with Crippen LogP contribution in [0.5, 0.6) is 0 Å². The molecule has 20 heavy (non-hydrogen) atoms. The van der Waals surface area contributed by atoms with Crippen molar-refractivity contribution >= 4 is 0 Å². The number of rotatable bonds is 3. The maximum Gasteiger partial charge on any atom is 0.0756 e. The van der Waals surface area contributed by atoms with Crippen molar-refractivity contribution in [3.05, 3.63) is 66.0 Å². The Bertz CT molecular complexity index is 540. The molecule has 2 aromatic rings. The topological polar surface area (TPSA) is 33.1 Å². The maximum absolute atomic E-state index is 11.2. The van der Waals surface area contributed by atoms with E-state index in [1.807, 2.05) is 18.2 Å². The molecule has 1 aromatic heterocycles. The van der Waals surface area contributed by atoms with Crippen LogP contribution in [0.1, 0.15) is 42.7 Å². The van der Waals surface area contributed by atoms with Crippen LogP contribution in [0, 0.1) is 0 Å². The van der Waals surface area contributed by atoms with Gasteiger partial charge < -0.3 is 5.11 Å². The molecule has 3 rings (SSSR count). The number of aliphatic hydroxyl groups is 1. The molecule has 0 radical (unpaired) electrons. The summed E-state index contributed by atoms with van der Waals surface area (Å²) in [6.07, 6.45) is 8.61. The van der Waals surface area contributed by atoms with Gasteiger partial charge in [-0.3, -0.25) is 4.98 Å². The van der Waals surface area contributed by atoms with Gasteiger partial charge in [0.25, 0.3) is 0 Å². The van der Waals surface area contributed by atoms with E-state index in [1.54, 1.807) is 12.4 Å². The van der Waals surface area contributed by atoms with E-state index in [1.165, 1.54) is 17.5 Å². The summed E-state index contributed by atoms with van der Waals surface area (Å²) in [5.41, 5.74) is 1.81. The summed E-state index contributed by atoms with van der Waals surface area (Å²) in [4.78, 5) is 4.06. The van der Waals surface area contributed by atoms with E-state index < -0.39 is 5.60 Å². The van der Waals surface area contributed by atoms with Crippen LogP contribution in [0.4, 0.5) is 0 Å². The smallest absolute Gasteiger partial charge is 0.0756 e. The summed E-state index contributed by atoms with van der Waals surface area (Å²) in [7, 11) is 0. The Morgan fingerprint density at radius 2 is 1.80 bits per heavy atom. The van der Waals surface area contributed by atoms with Gasteiger partial charge in [-0.25, -0.2) is 0 Å². The second-order valence-corrected chi connectivity index (χ2v) is 5.84. The monoisotopic (exact) mass is 267 g/mol. The number of hydrogen-bond acceptors (Lipinski definition) is 2. The molecule has 1 aliphatic rings. The number of nitrogens with zero attached hydrogens (tertiary/aromatic N) is 1. The number of pyridine rings is 1. The van der Waals surface area contributed by atoms with Crippen LogP contribution in [0.3, 0.4) is 0 Å². The van der Waals surface area contributed by atoms with Crippen LogP contribution in [0.2, 0.25) is 0 Å². The molecule has 2 atom stereocenters. The molecule has 1 saturated carbocycles. The number of benzene rings is 1. The fourth-order valence-corrected chi connectivity index (χ4v) is 3.45. The van der Waals surface area contributed by atoms with Gasteiger partial charge in [0.05, 0.1) is 5.60 Å². The highest BCUT2D eigenvalue weighted by Gasteiger charge is 2.39. The largest absolute Gasteiger partial charge is 0.389 e. The Morgan fingerprint density at radius 1 is 1.05 bits per heavy atom. The molecule has 0 spiro atoms. The first kappa shape index (κ1) is 13.3.